The van der Waals surface area contributed by atoms with Gasteiger partial charge in [0.25, 0.3) is 0 Å². The molecule has 0 spiro atoms. The van der Waals surface area contributed by atoms with Gasteiger partial charge in [0.2, 0.25) is 0 Å². The number of aryl methyl sites for hydroxylation is 2. The van der Waals surface area contributed by atoms with Crippen LogP contribution in [0.2, 0.25) is 0 Å². The second-order valence-corrected chi connectivity index (χ2v) is 6.13. The van der Waals surface area contributed by atoms with Gasteiger partial charge in [-0.25, -0.2) is 18.4 Å². The van der Waals surface area contributed by atoms with Crippen LogP contribution >= 0.6 is 0 Å². The van der Waals surface area contributed by atoms with Crippen LogP contribution in [0.25, 0.3) is 5.69 Å². The molecule has 0 amide bonds. The Morgan fingerprint density at radius 2 is 1.71 bits per heavy atom. The summed E-state index contributed by atoms with van der Waals surface area (Å²) in [5.41, 5.74) is 0.247. The van der Waals surface area contributed by atoms with Crippen molar-refractivity contribution in [3.05, 3.63) is 41.0 Å². The number of benzene rings is 1. The topological polar surface area (TPSA) is 42.7 Å². The molecule has 0 aliphatic heterocycles. The van der Waals surface area contributed by atoms with Crippen molar-refractivity contribution in [1.29, 1.82) is 0 Å². The van der Waals surface area contributed by atoms with Gasteiger partial charge >= 0.3 is 0 Å². The number of nitrogens with one attached hydrogen (secondary N) is 1. The third-order valence-electron chi connectivity index (χ3n) is 2.99. The molecule has 21 heavy (non-hydrogen) atoms. The zero-order chi connectivity index (χ0) is 15.8. The molecule has 0 radical (unpaired) electrons. The van der Waals surface area contributed by atoms with Crippen LogP contribution in [0.3, 0.4) is 0 Å². The van der Waals surface area contributed by atoms with E-state index in [2.05, 4.69) is 15.4 Å². The predicted molar refractivity (Wildman–Crippen MR) is 77.3 cm³/mol. The molecule has 0 atom stereocenters. The van der Waals surface area contributed by atoms with Gasteiger partial charge in [-0.05, 0) is 52.3 Å². The standard InChI is InChI=1S/C15H20F2N4/c1-9-19-10(2)21(20-9)14-12(16)6-11(7-13(14)17)8-18-15(3,4)5/h6-7,18H,8H2,1-5H3. The monoisotopic (exact) mass is 294 g/mol. The molecule has 2 aromatic rings. The number of aromatic nitrogens is 3. The molecule has 1 aromatic heterocycles. The first-order valence-corrected chi connectivity index (χ1v) is 6.81. The lowest BCUT2D eigenvalue weighted by atomic mass is 10.1. The minimum absolute atomic E-state index is 0.120. The van der Waals surface area contributed by atoms with Crippen molar-refractivity contribution in [2.24, 2.45) is 0 Å². The highest BCUT2D eigenvalue weighted by molar-refractivity contribution is 5.38. The van der Waals surface area contributed by atoms with E-state index >= 15 is 0 Å². The van der Waals surface area contributed by atoms with Crippen molar-refractivity contribution in [2.45, 2.75) is 46.7 Å². The molecule has 1 N–H and O–H groups in total. The Kier molecular flexibility index (Phi) is 4.09. The van der Waals surface area contributed by atoms with E-state index in [4.69, 9.17) is 0 Å². The SMILES string of the molecule is Cc1nc(C)n(-c2c(F)cc(CNC(C)(C)C)cc2F)n1. The Hall–Kier alpha value is -1.82. The Balaban J connectivity index is 2.36. The summed E-state index contributed by atoms with van der Waals surface area (Å²) in [6.45, 7) is 9.72. The summed E-state index contributed by atoms with van der Waals surface area (Å²) in [6.07, 6.45) is 0. The molecule has 0 aliphatic carbocycles. The molecule has 2 rings (SSSR count). The van der Waals surface area contributed by atoms with Crippen molar-refractivity contribution < 1.29 is 8.78 Å². The predicted octanol–water partition coefficient (Wildman–Crippen LogP) is 3.05. The first-order valence-electron chi connectivity index (χ1n) is 6.81. The molecule has 1 heterocycles. The van der Waals surface area contributed by atoms with E-state index in [1.54, 1.807) is 13.8 Å². The Labute approximate surface area is 123 Å². The summed E-state index contributed by atoms with van der Waals surface area (Å²) in [5, 5.41) is 7.23. The van der Waals surface area contributed by atoms with Crippen LogP contribution in [0.15, 0.2) is 12.1 Å². The zero-order valence-corrected chi connectivity index (χ0v) is 13.0. The van der Waals surface area contributed by atoms with E-state index in [0.29, 0.717) is 23.8 Å². The van der Waals surface area contributed by atoms with Gasteiger partial charge < -0.3 is 5.32 Å². The number of hydrogen-bond donors (Lipinski definition) is 1. The van der Waals surface area contributed by atoms with Crippen LogP contribution in [0.5, 0.6) is 0 Å². The molecule has 0 saturated heterocycles. The van der Waals surface area contributed by atoms with Gasteiger partial charge in [0.1, 0.15) is 17.3 Å². The highest BCUT2D eigenvalue weighted by atomic mass is 19.1. The van der Waals surface area contributed by atoms with Crippen LogP contribution in [0, 0.1) is 25.5 Å². The second kappa shape index (κ2) is 5.52. The fourth-order valence-corrected chi connectivity index (χ4v) is 2.02. The Morgan fingerprint density at radius 3 is 2.14 bits per heavy atom. The van der Waals surface area contributed by atoms with Crippen LogP contribution < -0.4 is 5.32 Å². The lowest BCUT2D eigenvalue weighted by Gasteiger charge is -2.20. The molecular formula is C15H20F2N4. The van der Waals surface area contributed by atoms with Crippen molar-refractivity contribution in [3.63, 3.8) is 0 Å². The maximum Gasteiger partial charge on any atom is 0.152 e. The van der Waals surface area contributed by atoms with Crippen molar-refractivity contribution in [1.82, 2.24) is 20.1 Å². The van der Waals surface area contributed by atoms with E-state index in [-0.39, 0.29) is 11.2 Å². The van der Waals surface area contributed by atoms with E-state index in [1.165, 1.54) is 16.8 Å². The number of rotatable bonds is 3. The first kappa shape index (κ1) is 15.6. The van der Waals surface area contributed by atoms with Crippen LogP contribution in [-0.2, 0) is 6.54 Å². The average molecular weight is 294 g/mol. The summed E-state index contributed by atoms with van der Waals surface area (Å²) in [4.78, 5) is 4.07. The highest BCUT2D eigenvalue weighted by Crippen LogP contribution is 2.21. The van der Waals surface area contributed by atoms with Crippen molar-refractivity contribution in [2.75, 3.05) is 0 Å². The maximum absolute atomic E-state index is 14.2. The summed E-state index contributed by atoms with van der Waals surface area (Å²) in [6, 6.07) is 2.65. The van der Waals surface area contributed by atoms with Gasteiger partial charge in [-0.2, -0.15) is 5.10 Å². The molecule has 0 saturated carbocycles. The number of hydrogen-bond acceptors (Lipinski definition) is 3. The molecule has 4 nitrogen and oxygen atoms in total. The lowest BCUT2D eigenvalue weighted by molar-refractivity contribution is 0.422. The lowest BCUT2D eigenvalue weighted by Crippen LogP contribution is -2.35. The van der Waals surface area contributed by atoms with E-state index < -0.39 is 11.6 Å². The summed E-state index contributed by atoms with van der Waals surface area (Å²) >= 11 is 0. The van der Waals surface area contributed by atoms with Gasteiger partial charge in [-0.3, -0.25) is 0 Å². The molecule has 114 valence electrons. The summed E-state index contributed by atoms with van der Waals surface area (Å²) in [5.74, 6) is -0.363. The smallest absolute Gasteiger partial charge is 0.152 e. The van der Waals surface area contributed by atoms with Gasteiger partial charge in [0, 0.05) is 12.1 Å². The van der Waals surface area contributed by atoms with Gasteiger partial charge in [-0.1, -0.05) is 0 Å². The van der Waals surface area contributed by atoms with E-state index in [1.807, 2.05) is 20.8 Å². The third-order valence-corrected chi connectivity index (χ3v) is 2.99. The number of nitrogens with zero attached hydrogens (tertiary/aromatic N) is 3. The quantitative estimate of drug-likeness (QED) is 0.946. The Bertz CT molecular complexity index is 633. The summed E-state index contributed by atoms with van der Waals surface area (Å²) < 4.78 is 29.7. The third kappa shape index (κ3) is 3.64. The molecule has 0 aliphatic rings. The van der Waals surface area contributed by atoms with Crippen molar-refractivity contribution in [3.8, 4) is 5.69 Å². The molecule has 6 heteroatoms. The van der Waals surface area contributed by atoms with E-state index in [9.17, 15) is 8.78 Å². The molecule has 0 unspecified atom stereocenters. The fourth-order valence-electron chi connectivity index (χ4n) is 2.02. The minimum Gasteiger partial charge on any atom is -0.308 e. The minimum atomic E-state index is -0.645. The molecule has 0 fully saturated rings. The van der Waals surface area contributed by atoms with Gasteiger partial charge in [0.15, 0.2) is 11.6 Å². The van der Waals surface area contributed by atoms with Crippen LogP contribution in [0.1, 0.15) is 38.0 Å². The van der Waals surface area contributed by atoms with Crippen LogP contribution in [0.4, 0.5) is 8.78 Å². The largest absolute Gasteiger partial charge is 0.308 e. The average Bonchev–Trinajstić information content (AvgIpc) is 2.64. The summed E-state index contributed by atoms with van der Waals surface area (Å²) in [7, 11) is 0. The molecule has 1 aromatic carbocycles. The van der Waals surface area contributed by atoms with Gasteiger partial charge in [0.05, 0.1) is 0 Å². The highest BCUT2D eigenvalue weighted by Gasteiger charge is 2.17. The first-order chi connectivity index (χ1) is 9.67. The van der Waals surface area contributed by atoms with Crippen molar-refractivity contribution >= 4 is 0 Å². The zero-order valence-electron chi connectivity index (χ0n) is 13.0. The normalized spacial score (nSPS) is 12.0. The Morgan fingerprint density at radius 1 is 1.14 bits per heavy atom. The molecule has 0 bridgehead atoms. The van der Waals surface area contributed by atoms with E-state index in [0.717, 1.165) is 0 Å². The fraction of sp³-hybridized carbons (Fsp3) is 0.467. The van der Waals surface area contributed by atoms with Crippen LogP contribution in [-0.4, -0.2) is 20.3 Å². The maximum atomic E-state index is 14.2. The second-order valence-electron chi connectivity index (χ2n) is 6.13. The molecular weight excluding hydrogens is 274 g/mol. The number of halogens is 2. The van der Waals surface area contributed by atoms with Gasteiger partial charge in [-0.15, -0.1) is 0 Å².